The van der Waals surface area contributed by atoms with Crippen molar-refractivity contribution in [2.75, 3.05) is 5.84 Å². The lowest BCUT2D eigenvalue weighted by molar-refractivity contribution is 0.479. The maximum atomic E-state index is 9.34. The zero-order valence-electron chi connectivity index (χ0n) is 5.86. The number of benzene rings is 1. The van der Waals surface area contributed by atoms with Gasteiger partial charge in [-0.25, -0.2) is 0 Å². The topological polar surface area (TPSA) is 51.2 Å². The van der Waals surface area contributed by atoms with Crippen LogP contribution < -0.4 is 5.84 Å². The summed E-state index contributed by atoms with van der Waals surface area (Å²) in [6.45, 7) is 0. The SMILES string of the molecule is Nn1ccc2cccc(O)c21. The Bertz CT molecular complexity index is 392. The average molecular weight is 148 g/mol. The van der Waals surface area contributed by atoms with Crippen molar-refractivity contribution in [2.24, 2.45) is 0 Å². The summed E-state index contributed by atoms with van der Waals surface area (Å²) in [4.78, 5) is 0. The van der Waals surface area contributed by atoms with Gasteiger partial charge >= 0.3 is 0 Å². The summed E-state index contributed by atoms with van der Waals surface area (Å²) in [5, 5.41) is 10.3. The molecular weight excluding hydrogens is 140 g/mol. The van der Waals surface area contributed by atoms with Crippen LogP contribution in [0.4, 0.5) is 0 Å². The summed E-state index contributed by atoms with van der Waals surface area (Å²) in [6, 6.07) is 7.16. The van der Waals surface area contributed by atoms with E-state index < -0.39 is 0 Å². The van der Waals surface area contributed by atoms with Gasteiger partial charge in [0.25, 0.3) is 0 Å². The van der Waals surface area contributed by atoms with Gasteiger partial charge in [-0.15, -0.1) is 0 Å². The standard InChI is InChI=1S/C8H8N2O/c9-10-5-4-6-2-1-3-7(11)8(6)10/h1-5,11H,9H2. The predicted octanol–water partition coefficient (Wildman–Crippen LogP) is 1.06. The van der Waals surface area contributed by atoms with Gasteiger partial charge in [-0.3, -0.25) is 4.68 Å². The molecule has 11 heavy (non-hydrogen) atoms. The number of nitrogens with two attached hydrogens (primary N) is 1. The first kappa shape index (κ1) is 6.09. The summed E-state index contributed by atoms with van der Waals surface area (Å²) in [7, 11) is 0. The Labute approximate surface area is 63.6 Å². The van der Waals surface area contributed by atoms with Gasteiger partial charge in [-0.2, -0.15) is 0 Å². The molecule has 0 radical (unpaired) electrons. The molecule has 0 saturated carbocycles. The number of hydrogen-bond donors (Lipinski definition) is 2. The first-order valence-electron chi connectivity index (χ1n) is 3.33. The summed E-state index contributed by atoms with van der Waals surface area (Å²) in [6.07, 6.45) is 1.71. The van der Waals surface area contributed by atoms with Gasteiger partial charge in [0.2, 0.25) is 0 Å². The Morgan fingerprint density at radius 1 is 1.27 bits per heavy atom. The first-order chi connectivity index (χ1) is 5.29. The third-order valence-corrected chi connectivity index (χ3v) is 1.72. The van der Waals surface area contributed by atoms with E-state index in [1.807, 2.05) is 12.1 Å². The van der Waals surface area contributed by atoms with Crippen LogP contribution in [0.2, 0.25) is 0 Å². The fraction of sp³-hybridized carbons (Fsp3) is 0. The van der Waals surface area contributed by atoms with Crippen molar-refractivity contribution >= 4 is 10.9 Å². The molecule has 0 atom stereocenters. The van der Waals surface area contributed by atoms with Crippen molar-refractivity contribution in [1.29, 1.82) is 0 Å². The van der Waals surface area contributed by atoms with Crippen LogP contribution in [0.5, 0.6) is 5.75 Å². The Morgan fingerprint density at radius 2 is 2.09 bits per heavy atom. The molecule has 3 nitrogen and oxygen atoms in total. The van der Waals surface area contributed by atoms with Crippen LogP contribution in [0.3, 0.4) is 0 Å². The molecule has 56 valence electrons. The molecule has 0 bridgehead atoms. The van der Waals surface area contributed by atoms with E-state index in [-0.39, 0.29) is 5.75 Å². The fourth-order valence-electron chi connectivity index (χ4n) is 1.20. The summed E-state index contributed by atoms with van der Waals surface area (Å²) in [5.41, 5.74) is 0.674. The molecule has 0 amide bonds. The van der Waals surface area contributed by atoms with Crippen LogP contribution in [0.25, 0.3) is 10.9 Å². The number of aromatic hydroxyl groups is 1. The fourth-order valence-corrected chi connectivity index (χ4v) is 1.20. The Kier molecular flexibility index (Phi) is 1.06. The zero-order chi connectivity index (χ0) is 7.84. The summed E-state index contributed by atoms with van der Waals surface area (Å²) in [5.74, 6) is 5.75. The second kappa shape index (κ2) is 1.92. The van der Waals surface area contributed by atoms with Gasteiger partial charge in [0.15, 0.2) is 0 Å². The largest absolute Gasteiger partial charge is 0.506 e. The van der Waals surface area contributed by atoms with Crippen LogP contribution in [-0.4, -0.2) is 9.78 Å². The molecule has 0 spiro atoms. The molecule has 2 rings (SSSR count). The van der Waals surface area contributed by atoms with Crippen LogP contribution in [-0.2, 0) is 0 Å². The summed E-state index contributed by atoms with van der Waals surface area (Å²) >= 11 is 0. The highest BCUT2D eigenvalue weighted by molar-refractivity contribution is 5.85. The maximum Gasteiger partial charge on any atom is 0.141 e. The minimum atomic E-state index is 0.218. The number of rotatable bonds is 0. The molecule has 3 heteroatoms. The molecule has 0 saturated heterocycles. The number of phenolic OH excluding ortho intramolecular Hbond substituents is 1. The van der Waals surface area contributed by atoms with Gasteiger partial charge in [-0.05, 0) is 12.1 Å². The van der Waals surface area contributed by atoms with Crippen molar-refractivity contribution in [3.8, 4) is 5.75 Å². The zero-order valence-corrected chi connectivity index (χ0v) is 5.86. The van der Waals surface area contributed by atoms with Crippen LogP contribution in [0.1, 0.15) is 0 Å². The van der Waals surface area contributed by atoms with Crippen molar-refractivity contribution < 1.29 is 5.11 Å². The normalized spacial score (nSPS) is 10.5. The molecule has 0 unspecified atom stereocenters. The molecule has 1 heterocycles. The van der Waals surface area contributed by atoms with E-state index in [1.54, 1.807) is 18.3 Å². The quantitative estimate of drug-likeness (QED) is 0.549. The second-order valence-electron chi connectivity index (χ2n) is 2.44. The third kappa shape index (κ3) is 0.741. The number of nitrogen functional groups attached to an aromatic ring is 1. The van der Waals surface area contributed by atoms with Gasteiger partial charge in [0.1, 0.15) is 11.3 Å². The van der Waals surface area contributed by atoms with E-state index in [1.165, 1.54) is 4.68 Å². The second-order valence-corrected chi connectivity index (χ2v) is 2.44. The van der Waals surface area contributed by atoms with E-state index in [2.05, 4.69) is 0 Å². The number of nitrogens with zero attached hydrogens (tertiary/aromatic N) is 1. The van der Waals surface area contributed by atoms with Crippen molar-refractivity contribution in [3.05, 3.63) is 30.5 Å². The lowest BCUT2D eigenvalue weighted by Crippen LogP contribution is -2.04. The highest BCUT2D eigenvalue weighted by Gasteiger charge is 2.01. The monoisotopic (exact) mass is 148 g/mol. The Morgan fingerprint density at radius 3 is 2.82 bits per heavy atom. The Balaban J connectivity index is 2.96. The number of aromatic nitrogens is 1. The molecule has 1 aromatic carbocycles. The summed E-state index contributed by atoms with van der Waals surface area (Å²) < 4.78 is 1.41. The van der Waals surface area contributed by atoms with Crippen LogP contribution in [0, 0.1) is 0 Å². The molecule has 0 aliphatic carbocycles. The van der Waals surface area contributed by atoms with Gasteiger partial charge in [-0.1, -0.05) is 12.1 Å². The minimum Gasteiger partial charge on any atom is -0.506 e. The number of para-hydroxylation sites is 1. The Hall–Kier alpha value is -1.64. The van der Waals surface area contributed by atoms with E-state index in [0.717, 1.165) is 5.39 Å². The van der Waals surface area contributed by atoms with E-state index in [0.29, 0.717) is 5.52 Å². The molecule has 3 N–H and O–H groups in total. The molecular formula is C8H8N2O. The number of fused-ring (bicyclic) bond motifs is 1. The average Bonchev–Trinajstić information content (AvgIpc) is 2.34. The molecule has 0 aliphatic rings. The van der Waals surface area contributed by atoms with Crippen molar-refractivity contribution in [3.63, 3.8) is 0 Å². The smallest absolute Gasteiger partial charge is 0.141 e. The molecule has 2 aromatic rings. The molecule has 1 aromatic heterocycles. The lowest BCUT2D eigenvalue weighted by atomic mass is 10.2. The maximum absolute atomic E-state index is 9.34. The number of phenols is 1. The van der Waals surface area contributed by atoms with Gasteiger partial charge in [0.05, 0.1) is 0 Å². The van der Waals surface area contributed by atoms with Crippen molar-refractivity contribution in [1.82, 2.24) is 4.68 Å². The van der Waals surface area contributed by atoms with Crippen LogP contribution >= 0.6 is 0 Å². The molecule has 0 aliphatic heterocycles. The van der Waals surface area contributed by atoms with Gasteiger partial charge in [0, 0.05) is 11.6 Å². The van der Waals surface area contributed by atoms with E-state index >= 15 is 0 Å². The van der Waals surface area contributed by atoms with Gasteiger partial charge < -0.3 is 10.9 Å². The van der Waals surface area contributed by atoms with E-state index in [4.69, 9.17) is 5.84 Å². The van der Waals surface area contributed by atoms with Crippen molar-refractivity contribution in [2.45, 2.75) is 0 Å². The minimum absolute atomic E-state index is 0.218. The first-order valence-corrected chi connectivity index (χ1v) is 3.33. The van der Waals surface area contributed by atoms with Crippen LogP contribution in [0.15, 0.2) is 30.5 Å². The lowest BCUT2D eigenvalue weighted by Gasteiger charge is -1.97. The predicted molar refractivity (Wildman–Crippen MR) is 43.8 cm³/mol. The molecule has 0 fully saturated rings. The highest BCUT2D eigenvalue weighted by atomic mass is 16.3. The highest BCUT2D eigenvalue weighted by Crippen LogP contribution is 2.23. The third-order valence-electron chi connectivity index (χ3n) is 1.72. The van der Waals surface area contributed by atoms with E-state index in [9.17, 15) is 5.11 Å². The number of hydrogen-bond acceptors (Lipinski definition) is 2.